The molecule has 0 amide bonds. The average molecular weight is 234 g/mol. The molecule has 0 aliphatic carbocycles. The number of rotatable bonds is 1. The second kappa shape index (κ2) is 4.13. The Morgan fingerprint density at radius 2 is 2.18 bits per heavy atom. The van der Waals surface area contributed by atoms with E-state index in [4.69, 9.17) is 4.74 Å². The lowest BCUT2D eigenvalue weighted by atomic mass is 9.98. The van der Waals surface area contributed by atoms with Gasteiger partial charge in [0.15, 0.2) is 0 Å². The summed E-state index contributed by atoms with van der Waals surface area (Å²) in [6.07, 6.45) is 2.22. The summed E-state index contributed by atoms with van der Waals surface area (Å²) < 4.78 is 10.1. The van der Waals surface area contributed by atoms with Gasteiger partial charge in [0.05, 0.1) is 7.11 Å². The van der Waals surface area contributed by atoms with Gasteiger partial charge in [0.1, 0.15) is 11.5 Å². The molecule has 1 aromatic rings. The number of phenolic OH excluding ortho intramolecular Hbond substituents is 1. The molecule has 0 atom stereocenters. The van der Waals surface area contributed by atoms with Crippen LogP contribution in [0.1, 0.15) is 16.7 Å². The average Bonchev–Trinajstić information content (AvgIpc) is 2.34. The number of aryl methyl sites for hydroxylation is 1. The Morgan fingerprint density at radius 3 is 2.82 bits per heavy atom. The Kier molecular flexibility index (Phi) is 2.79. The van der Waals surface area contributed by atoms with Crippen molar-refractivity contribution in [2.24, 2.45) is 0 Å². The van der Waals surface area contributed by atoms with Crippen LogP contribution >= 0.6 is 0 Å². The zero-order chi connectivity index (χ0) is 12.6. The van der Waals surface area contributed by atoms with E-state index in [9.17, 15) is 9.90 Å². The maximum Gasteiger partial charge on any atom is 0.373 e. The molecule has 90 valence electrons. The topological polar surface area (TPSA) is 55.8 Å². The Bertz CT molecular complexity index is 515. The van der Waals surface area contributed by atoms with Crippen LogP contribution in [0.25, 0.3) is 0 Å². The van der Waals surface area contributed by atoms with Gasteiger partial charge in [-0.05, 0) is 43.5 Å². The SMILES string of the molecule is COC(=O)C1=CCc2c(C)c(O)cc(C)c2O1. The van der Waals surface area contributed by atoms with Crippen LogP contribution in [0.3, 0.4) is 0 Å². The van der Waals surface area contributed by atoms with Crippen molar-refractivity contribution in [3.8, 4) is 11.5 Å². The van der Waals surface area contributed by atoms with E-state index in [2.05, 4.69) is 4.74 Å². The van der Waals surface area contributed by atoms with Crippen LogP contribution in [0.4, 0.5) is 0 Å². The number of benzene rings is 1. The molecule has 0 radical (unpaired) electrons. The van der Waals surface area contributed by atoms with E-state index < -0.39 is 5.97 Å². The third-order valence-electron chi connectivity index (χ3n) is 2.91. The number of hydrogen-bond donors (Lipinski definition) is 1. The van der Waals surface area contributed by atoms with Gasteiger partial charge in [-0.1, -0.05) is 0 Å². The van der Waals surface area contributed by atoms with E-state index in [1.54, 1.807) is 12.1 Å². The first kappa shape index (κ1) is 11.5. The maximum atomic E-state index is 11.4. The van der Waals surface area contributed by atoms with Crippen LogP contribution in [0.15, 0.2) is 17.9 Å². The Hall–Kier alpha value is -1.97. The molecule has 1 aliphatic rings. The highest BCUT2D eigenvalue weighted by Crippen LogP contribution is 2.37. The fourth-order valence-corrected chi connectivity index (χ4v) is 1.90. The number of fused-ring (bicyclic) bond motifs is 1. The Labute approximate surface area is 99.5 Å². The van der Waals surface area contributed by atoms with Gasteiger partial charge in [-0.3, -0.25) is 0 Å². The van der Waals surface area contributed by atoms with Gasteiger partial charge in [-0.15, -0.1) is 0 Å². The van der Waals surface area contributed by atoms with E-state index in [0.29, 0.717) is 12.2 Å². The number of aromatic hydroxyl groups is 1. The van der Waals surface area contributed by atoms with Gasteiger partial charge < -0.3 is 14.6 Å². The van der Waals surface area contributed by atoms with E-state index in [1.807, 2.05) is 13.8 Å². The molecule has 0 spiro atoms. The Morgan fingerprint density at radius 1 is 1.47 bits per heavy atom. The van der Waals surface area contributed by atoms with Crippen molar-refractivity contribution in [3.63, 3.8) is 0 Å². The molecular weight excluding hydrogens is 220 g/mol. The first-order valence-corrected chi connectivity index (χ1v) is 5.33. The summed E-state index contributed by atoms with van der Waals surface area (Å²) in [6, 6.07) is 1.63. The van der Waals surface area contributed by atoms with E-state index in [0.717, 1.165) is 16.7 Å². The summed E-state index contributed by atoms with van der Waals surface area (Å²) >= 11 is 0. The standard InChI is InChI=1S/C13H14O4/c1-7-6-10(14)8(2)9-4-5-11(13(15)16-3)17-12(7)9/h5-6,14H,4H2,1-3H3. The van der Waals surface area contributed by atoms with E-state index >= 15 is 0 Å². The minimum Gasteiger partial charge on any atom is -0.508 e. The highest BCUT2D eigenvalue weighted by atomic mass is 16.6. The van der Waals surface area contributed by atoms with Gasteiger partial charge >= 0.3 is 5.97 Å². The van der Waals surface area contributed by atoms with Crippen molar-refractivity contribution >= 4 is 5.97 Å². The van der Waals surface area contributed by atoms with E-state index in [1.165, 1.54) is 7.11 Å². The molecule has 1 N–H and O–H groups in total. The minimum absolute atomic E-state index is 0.202. The Balaban J connectivity index is 2.45. The molecule has 1 aliphatic heterocycles. The maximum absolute atomic E-state index is 11.4. The molecule has 17 heavy (non-hydrogen) atoms. The van der Waals surface area contributed by atoms with Crippen molar-refractivity contribution in [2.45, 2.75) is 20.3 Å². The molecular formula is C13H14O4. The highest BCUT2D eigenvalue weighted by molar-refractivity contribution is 5.87. The van der Waals surface area contributed by atoms with Gasteiger partial charge in [0.2, 0.25) is 5.76 Å². The number of allylic oxidation sites excluding steroid dienone is 1. The molecule has 0 aromatic heterocycles. The minimum atomic E-state index is -0.485. The molecule has 0 fully saturated rings. The summed E-state index contributed by atoms with van der Waals surface area (Å²) in [6.45, 7) is 3.66. The third-order valence-corrected chi connectivity index (χ3v) is 2.91. The van der Waals surface area contributed by atoms with Gasteiger partial charge in [-0.25, -0.2) is 4.79 Å². The fraction of sp³-hybridized carbons (Fsp3) is 0.308. The quantitative estimate of drug-likeness (QED) is 0.755. The number of hydrogen-bond acceptors (Lipinski definition) is 4. The lowest BCUT2D eigenvalue weighted by Crippen LogP contribution is -2.16. The lowest BCUT2D eigenvalue weighted by molar-refractivity contribution is -0.138. The number of carbonyl (C=O) groups is 1. The first-order valence-electron chi connectivity index (χ1n) is 5.33. The number of esters is 1. The van der Waals surface area contributed by atoms with Crippen molar-refractivity contribution in [2.75, 3.05) is 7.11 Å². The van der Waals surface area contributed by atoms with Crippen molar-refractivity contribution in [1.82, 2.24) is 0 Å². The molecule has 4 nitrogen and oxygen atoms in total. The molecule has 0 saturated heterocycles. The predicted octanol–water partition coefficient (Wildman–Crippen LogP) is 2.00. The summed E-state index contributed by atoms with van der Waals surface area (Å²) in [5.41, 5.74) is 2.50. The fourth-order valence-electron chi connectivity index (χ4n) is 1.90. The van der Waals surface area contributed by atoms with Gasteiger partial charge in [0, 0.05) is 5.56 Å². The first-order chi connectivity index (χ1) is 8.04. The van der Waals surface area contributed by atoms with Crippen LogP contribution in [-0.2, 0) is 16.0 Å². The smallest absolute Gasteiger partial charge is 0.373 e. The van der Waals surface area contributed by atoms with Gasteiger partial charge in [-0.2, -0.15) is 0 Å². The van der Waals surface area contributed by atoms with Crippen LogP contribution in [0, 0.1) is 13.8 Å². The largest absolute Gasteiger partial charge is 0.508 e. The lowest BCUT2D eigenvalue weighted by Gasteiger charge is -2.21. The van der Waals surface area contributed by atoms with Crippen molar-refractivity contribution in [1.29, 1.82) is 0 Å². The van der Waals surface area contributed by atoms with Crippen LogP contribution in [0.5, 0.6) is 11.5 Å². The van der Waals surface area contributed by atoms with Crippen LogP contribution < -0.4 is 4.74 Å². The molecule has 2 rings (SSSR count). The molecule has 0 unspecified atom stereocenters. The summed E-state index contributed by atoms with van der Waals surface area (Å²) in [7, 11) is 1.32. The van der Waals surface area contributed by atoms with Crippen LogP contribution in [-0.4, -0.2) is 18.2 Å². The number of ether oxygens (including phenoxy) is 2. The summed E-state index contributed by atoms with van der Waals surface area (Å²) in [5, 5.41) is 9.71. The normalized spacial score (nSPS) is 13.5. The van der Waals surface area contributed by atoms with Gasteiger partial charge in [0.25, 0.3) is 0 Å². The second-order valence-corrected chi connectivity index (χ2v) is 4.01. The molecule has 0 bridgehead atoms. The molecule has 1 heterocycles. The predicted molar refractivity (Wildman–Crippen MR) is 62.0 cm³/mol. The van der Waals surface area contributed by atoms with Crippen molar-refractivity contribution < 1.29 is 19.4 Å². The third kappa shape index (κ3) is 1.86. The summed E-state index contributed by atoms with van der Waals surface area (Å²) in [4.78, 5) is 11.4. The van der Waals surface area contributed by atoms with Crippen molar-refractivity contribution in [3.05, 3.63) is 34.6 Å². The number of carbonyl (C=O) groups excluding carboxylic acids is 1. The number of phenols is 1. The zero-order valence-electron chi connectivity index (χ0n) is 10.0. The zero-order valence-corrected chi connectivity index (χ0v) is 10.0. The molecule has 1 aromatic carbocycles. The van der Waals surface area contributed by atoms with Crippen LogP contribution in [0.2, 0.25) is 0 Å². The molecule has 4 heteroatoms. The second-order valence-electron chi connectivity index (χ2n) is 4.01. The number of methoxy groups -OCH3 is 1. The van der Waals surface area contributed by atoms with E-state index in [-0.39, 0.29) is 11.5 Å². The molecule has 0 saturated carbocycles. The highest BCUT2D eigenvalue weighted by Gasteiger charge is 2.23. The monoisotopic (exact) mass is 234 g/mol. The summed E-state index contributed by atoms with van der Waals surface area (Å²) in [5.74, 6) is 0.608.